The summed E-state index contributed by atoms with van der Waals surface area (Å²) in [7, 11) is 0. The first-order valence-corrected chi connectivity index (χ1v) is 5.01. The molecule has 0 saturated heterocycles. The molecule has 74 valence electrons. The molecule has 4 heteroatoms. The molecule has 0 bridgehead atoms. The summed E-state index contributed by atoms with van der Waals surface area (Å²) in [6.07, 6.45) is 1.29. The van der Waals surface area contributed by atoms with Gasteiger partial charge in [-0.05, 0) is 57.7 Å². The van der Waals surface area contributed by atoms with Crippen LogP contribution >= 0.6 is 27.5 Å². The Morgan fingerprint density at radius 3 is 2.71 bits per heavy atom. The van der Waals surface area contributed by atoms with E-state index in [2.05, 4.69) is 15.9 Å². The van der Waals surface area contributed by atoms with Gasteiger partial charge in [-0.25, -0.2) is 4.39 Å². The second kappa shape index (κ2) is 4.71. The molecule has 0 aliphatic carbocycles. The number of allylic oxidation sites excluding steroid dienone is 2. The molecule has 1 rings (SSSR count). The summed E-state index contributed by atoms with van der Waals surface area (Å²) >= 11 is 8.25. The normalized spacial score (nSPS) is 11.6. The Bertz CT molecular complexity index is 401. The van der Waals surface area contributed by atoms with E-state index < -0.39 is 5.24 Å². The zero-order chi connectivity index (χ0) is 10.7. The fourth-order valence-electron chi connectivity index (χ4n) is 0.995. The summed E-state index contributed by atoms with van der Waals surface area (Å²) in [5.41, 5.74) is 1.46. The van der Waals surface area contributed by atoms with Gasteiger partial charge in [0.25, 0.3) is 0 Å². The Balaban J connectivity index is 3.09. The Morgan fingerprint density at radius 2 is 2.21 bits per heavy atom. The molecule has 0 spiro atoms. The number of benzene rings is 1. The van der Waals surface area contributed by atoms with Gasteiger partial charge < -0.3 is 0 Å². The number of rotatable bonds is 2. The Kier molecular flexibility index (Phi) is 3.84. The van der Waals surface area contributed by atoms with Gasteiger partial charge in [-0.2, -0.15) is 0 Å². The molecule has 0 atom stereocenters. The van der Waals surface area contributed by atoms with Crippen LogP contribution in [0.5, 0.6) is 0 Å². The molecule has 0 amide bonds. The van der Waals surface area contributed by atoms with E-state index in [0.717, 1.165) is 5.56 Å². The predicted octanol–water partition coefficient (Wildman–Crippen LogP) is 3.76. The molecular formula is C10H7BrClFO. The lowest BCUT2D eigenvalue weighted by molar-refractivity contribution is -0.107. The molecule has 1 aromatic carbocycles. The number of hydrogen-bond acceptors (Lipinski definition) is 1. The minimum absolute atomic E-state index is 0.334. The van der Waals surface area contributed by atoms with Gasteiger partial charge in [-0.3, -0.25) is 4.79 Å². The van der Waals surface area contributed by atoms with Crippen molar-refractivity contribution in [2.45, 2.75) is 6.92 Å². The van der Waals surface area contributed by atoms with Crippen LogP contribution in [0.25, 0.3) is 5.57 Å². The molecule has 0 saturated carbocycles. The van der Waals surface area contributed by atoms with Crippen LogP contribution in [0.15, 0.2) is 28.7 Å². The summed E-state index contributed by atoms with van der Waals surface area (Å²) in [4.78, 5) is 10.6. The van der Waals surface area contributed by atoms with Crippen molar-refractivity contribution < 1.29 is 9.18 Å². The number of carbonyl (C=O) groups excluding carboxylic acids is 1. The number of halogens is 3. The van der Waals surface area contributed by atoms with E-state index in [4.69, 9.17) is 11.6 Å². The minimum atomic E-state index is -0.539. The highest BCUT2D eigenvalue weighted by molar-refractivity contribution is 9.10. The van der Waals surface area contributed by atoms with Crippen LogP contribution < -0.4 is 0 Å². The highest BCUT2D eigenvalue weighted by atomic mass is 79.9. The minimum Gasteiger partial charge on any atom is -0.276 e. The van der Waals surface area contributed by atoms with Crippen LogP contribution in [0.4, 0.5) is 4.39 Å². The van der Waals surface area contributed by atoms with Gasteiger partial charge >= 0.3 is 0 Å². The summed E-state index contributed by atoms with van der Waals surface area (Å²) in [6.45, 7) is 1.74. The molecule has 0 aliphatic heterocycles. The lowest BCUT2D eigenvalue weighted by Gasteiger charge is -2.01. The second-order valence-electron chi connectivity index (χ2n) is 2.76. The maximum atomic E-state index is 12.9. The van der Waals surface area contributed by atoms with Crippen molar-refractivity contribution in [1.82, 2.24) is 0 Å². The van der Waals surface area contributed by atoms with Gasteiger partial charge in [-0.15, -0.1) is 0 Å². The average Bonchev–Trinajstić information content (AvgIpc) is 2.08. The van der Waals surface area contributed by atoms with Crippen molar-refractivity contribution in [2.24, 2.45) is 0 Å². The van der Waals surface area contributed by atoms with Crippen molar-refractivity contribution in [3.05, 3.63) is 40.1 Å². The van der Waals surface area contributed by atoms with E-state index >= 15 is 0 Å². The third-order valence-corrected chi connectivity index (χ3v) is 2.42. The monoisotopic (exact) mass is 276 g/mol. The molecule has 0 aromatic heterocycles. The predicted molar refractivity (Wildman–Crippen MR) is 58.6 cm³/mol. The lowest BCUT2D eigenvalue weighted by Crippen LogP contribution is -1.86. The molecule has 14 heavy (non-hydrogen) atoms. The van der Waals surface area contributed by atoms with Crippen LogP contribution in [0.1, 0.15) is 12.5 Å². The first-order valence-electron chi connectivity index (χ1n) is 3.84. The average molecular weight is 278 g/mol. The van der Waals surface area contributed by atoms with Crippen molar-refractivity contribution in [1.29, 1.82) is 0 Å². The summed E-state index contributed by atoms with van der Waals surface area (Å²) in [6, 6.07) is 4.52. The Labute approximate surface area is 94.7 Å². The van der Waals surface area contributed by atoms with Crippen LogP contribution in [-0.2, 0) is 4.79 Å². The second-order valence-corrected chi connectivity index (χ2v) is 3.99. The summed E-state index contributed by atoms with van der Waals surface area (Å²) < 4.78 is 13.2. The van der Waals surface area contributed by atoms with Gasteiger partial charge in [-0.1, -0.05) is 6.07 Å². The summed E-state index contributed by atoms with van der Waals surface area (Å²) in [5, 5.41) is -0.539. The lowest BCUT2D eigenvalue weighted by atomic mass is 10.1. The van der Waals surface area contributed by atoms with Crippen LogP contribution in [-0.4, -0.2) is 5.24 Å². The van der Waals surface area contributed by atoms with Gasteiger partial charge in [0.05, 0.1) is 4.47 Å². The molecule has 0 fully saturated rings. The van der Waals surface area contributed by atoms with Crippen LogP contribution in [0.3, 0.4) is 0 Å². The van der Waals surface area contributed by atoms with Crippen molar-refractivity contribution in [2.75, 3.05) is 0 Å². The van der Waals surface area contributed by atoms with Crippen molar-refractivity contribution in [3.8, 4) is 0 Å². The van der Waals surface area contributed by atoms with Gasteiger partial charge in [0.1, 0.15) is 5.82 Å². The molecule has 0 aliphatic rings. The molecule has 0 unspecified atom stereocenters. The van der Waals surface area contributed by atoms with Crippen LogP contribution in [0.2, 0.25) is 0 Å². The molecule has 1 nitrogen and oxygen atoms in total. The van der Waals surface area contributed by atoms with Gasteiger partial charge in [0, 0.05) is 6.08 Å². The number of hydrogen-bond donors (Lipinski definition) is 0. The van der Waals surface area contributed by atoms with Crippen LogP contribution in [0, 0.1) is 5.82 Å². The highest BCUT2D eigenvalue weighted by Gasteiger charge is 2.02. The van der Waals surface area contributed by atoms with Crippen molar-refractivity contribution in [3.63, 3.8) is 0 Å². The third kappa shape index (κ3) is 2.93. The fraction of sp³-hybridized carbons (Fsp3) is 0.100. The fourth-order valence-corrected chi connectivity index (χ4v) is 1.54. The quantitative estimate of drug-likeness (QED) is 0.594. The topological polar surface area (TPSA) is 17.1 Å². The van der Waals surface area contributed by atoms with E-state index in [9.17, 15) is 9.18 Å². The largest absolute Gasteiger partial charge is 0.276 e. The molecular weight excluding hydrogens is 270 g/mol. The van der Waals surface area contributed by atoms with Gasteiger partial charge in [0.2, 0.25) is 5.24 Å². The van der Waals surface area contributed by atoms with Gasteiger partial charge in [0.15, 0.2) is 0 Å². The third-order valence-electron chi connectivity index (χ3n) is 1.70. The smallest absolute Gasteiger partial charge is 0.245 e. The van der Waals surface area contributed by atoms with Crippen molar-refractivity contribution >= 4 is 38.3 Å². The summed E-state index contributed by atoms with van der Waals surface area (Å²) in [5.74, 6) is -0.334. The standard InChI is InChI=1S/C10H7BrClFO/c1-6(4-10(12)14)7-2-3-9(13)8(11)5-7/h2-5H,1H3/b6-4+. The Hall–Kier alpha value is -0.670. The van der Waals surface area contributed by atoms with E-state index in [0.29, 0.717) is 10.0 Å². The van der Waals surface area contributed by atoms with E-state index in [1.165, 1.54) is 12.1 Å². The highest BCUT2D eigenvalue weighted by Crippen LogP contribution is 2.21. The molecule has 0 heterocycles. The maximum Gasteiger partial charge on any atom is 0.245 e. The maximum absolute atomic E-state index is 12.9. The molecule has 0 N–H and O–H groups in total. The zero-order valence-corrected chi connectivity index (χ0v) is 9.69. The Morgan fingerprint density at radius 1 is 1.57 bits per heavy atom. The molecule has 1 aromatic rings. The van der Waals surface area contributed by atoms with E-state index in [-0.39, 0.29) is 5.82 Å². The van der Waals surface area contributed by atoms with E-state index in [1.807, 2.05) is 0 Å². The SMILES string of the molecule is C/C(=C\C(=O)Cl)c1ccc(F)c(Br)c1. The first kappa shape index (κ1) is 11.4. The molecule has 0 radical (unpaired) electrons. The number of carbonyl (C=O) groups is 1. The van der Waals surface area contributed by atoms with E-state index in [1.54, 1.807) is 19.1 Å². The first-order chi connectivity index (χ1) is 6.50. The zero-order valence-electron chi connectivity index (χ0n) is 7.35.